The molecule has 0 radical (unpaired) electrons. The average molecular weight is 343 g/mol. The van der Waals surface area contributed by atoms with E-state index in [4.69, 9.17) is 4.74 Å². The molecule has 1 aromatic carbocycles. The number of fused-ring (bicyclic) bond motifs is 1. The minimum absolute atomic E-state index is 0.0170. The number of aryl methyl sites for hydroxylation is 1. The topological polar surface area (TPSA) is 88.2 Å². The lowest BCUT2D eigenvalue weighted by atomic mass is 9.97. The van der Waals surface area contributed by atoms with Crippen LogP contribution < -0.4 is 20.9 Å². The van der Waals surface area contributed by atoms with E-state index in [1.165, 1.54) is 0 Å². The van der Waals surface area contributed by atoms with E-state index in [0.717, 1.165) is 11.0 Å². The molecule has 2 heterocycles. The highest BCUT2D eigenvalue weighted by atomic mass is 16.5. The molecule has 0 bridgehead atoms. The third-order valence-corrected chi connectivity index (χ3v) is 4.75. The van der Waals surface area contributed by atoms with Crippen LogP contribution in [0, 0.1) is 5.92 Å². The highest BCUT2D eigenvalue weighted by Gasteiger charge is 2.29. The van der Waals surface area contributed by atoms with Crippen LogP contribution in [0.4, 0.5) is 0 Å². The lowest BCUT2D eigenvalue weighted by Gasteiger charge is -2.18. The Morgan fingerprint density at radius 2 is 1.80 bits per heavy atom. The Hall–Kier alpha value is -2.25. The first-order chi connectivity index (χ1) is 12.1. The number of para-hydroxylation sites is 2. The van der Waals surface area contributed by atoms with Gasteiger partial charge in [-0.2, -0.15) is 0 Å². The molecule has 1 saturated heterocycles. The maximum Gasteiger partial charge on any atom is 0.235 e. The number of amides is 1. The molecule has 1 amide bonds. The highest BCUT2D eigenvalue weighted by molar-refractivity contribution is 5.77. The Morgan fingerprint density at radius 1 is 1.16 bits per heavy atom. The van der Waals surface area contributed by atoms with Crippen molar-refractivity contribution in [2.75, 3.05) is 13.7 Å². The van der Waals surface area contributed by atoms with Crippen molar-refractivity contribution < 1.29 is 9.53 Å². The van der Waals surface area contributed by atoms with Gasteiger partial charge in [0, 0.05) is 37.4 Å². The smallest absolute Gasteiger partial charge is 0.235 e. The molecule has 1 aliphatic rings. The van der Waals surface area contributed by atoms with Gasteiger partial charge in [-0.15, -0.1) is 0 Å². The zero-order chi connectivity index (χ0) is 17.8. The lowest BCUT2D eigenvalue weighted by molar-refractivity contribution is -0.121. The molecule has 1 aromatic heterocycles. The van der Waals surface area contributed by atoms with Crippen molar-refractivity contribution in [1.82, 2.24) is 26.1 Å². The number of ether oxygens (including phenoxy) is 1. The summed E-state index contributed by atoms with van der Waals surface area (Å²) in [5, 5.41) is 3.02. The monoisotopic (exact) mass is 343 g/mol. The maximum atomic E-state index is 12.2. The fraction of sp³-hybridized carbons (Fsp3) is 0.500. The molecule has 1 fully saturated rings. The van der Waals surface area contributed by atoms with E-state index in [9.17, 15) is 4.79 Å². The van der Waals surface area contributed by atoms with Gasteiger partial charge in [0.2, 0.25) is 11.8 Å². The van der Waals surface area contributed by atoms with Gasteiger partial charge in [-0.3, -0.25) is 15.6 Å². The van der Waals surface area contributed by atoms with Crippen LogP contribution >= 0.6 is 0 Å². The minimum Gasteiger partial charge on any atom is -0.480 e. The largest absolute Gasteiger partial charge is 0.480 e. The quantitative estimate of drug-likeness (QED) is 0.730. The number of nitrogens with zero attached hydrogens (tertiary/aromatic N) is 2. The number of aromatic nitrogens is 2. The van der Waals surface area contributed by atoms with Crippen LogP contribution in [-0.2, 0) is 11.2 Å². The van der Waals surface area contributed by atoms with Gasteiger partial charge in [0.1, 0.15) is 5.69 Å². The predicted octanol–water partition coefficient (Wildman–Crippen LogP) is 1.19. The second-order valence-electron chi connectivity index (χ2n) is 6.50. The molecule has 3 rings (SSSR count). The van der Waals surface area contributed by atoms with Gasteiger partial charge >= 0.3 is 0 Å². The summed E-state index contributed by atoms with van der Waals surface area (Å²) in [6.07, 6.45) is 0.860. The maximum absolute atomic E-state index is 12.2. The van der Waals surface area contributed by atoms with Gasteiger partial charge in [-0.25, -0.2) is 9.97 Å². The van der Waals surface area contributed by atoms with Gasteiger partial charge in [-0.1, -0.05) is 12.1 Å². The molecule has 3 N–H and O–H groups in total. The Morgan fingerprint density at radius 3 is 2.44 bits per heavy atom. The molecule has 2 unspecified atom stereocenters. The van der Waals surface area contributed by atoms with Crippen molar-refractivity contribution in [3.63, 3.8) is 0 Å². The molecule has 2 aromatic rings. The number of hydrogen-bond acceptors (Lipinski definition) is 6. The van der Waals surface area contributed by atoms with E-state index in [2.05, 4.69) is 40.0 Å². The Balaban J connectivity index is 1.59. The highest BCUT2D eigenvalue weighted by Crippen LogP contribution is 2.20. The summed E-state index contributed by atoms with van der Waals surface area (Å²) >= 11 is 0. The molecule has 0 spiro atoms. The van der Waals surface area contributed by atoms with Gasteiger partial charge in [0.05, 0.1) is 18.1 Å². The van der Waals surface area contributed by atoms with E-state index >= 15 is 0 Å². The first-order valence-electron chi connectivity index (χ1n) is 8.66. The Kier molecular flexibility index (Phi) is 5.45. The number of hydrazine groups is 1. The Labute approximate surface area is 147 Å². The molecule has 25 heavy (non-hydrogen) atoms. The first-order valence-corrected chi connectivity index (χ1v) is 8.66. The molecule has 2 atom stereocenters. The summed E-state index contributed by atoms with van der Waals surface area (Å²) in [4.78, 5) is 21.3. The number of methoxy groups -OCH3 is 1. The SMILES string of the molecule is COc1nc2ccccc2nc1CCC(=O)NCC1C(C)NNC1C. The van der Waals surface area contributed by atoms with Crippen LogP contribution in [0.1, 0.15) is 26.0 Å². The average Bonchev–Trinajstić information content (AvgIpc) is 2.95. The lowest BCUT2D eigenvalue weighted by Crippen LogP contribution is -2.37. The first kappa shape index (κ1) is 17.6. The third-order valence-electron chi connectivity index (χ3n) is 4.75. The summed E-state index contributed by atoms with van der Waals surface area (Å²) in [5.74, 6) is 0.875. The molecule has 7 heteroatoms. The summed E-state index contributed by atoms with van der Waals surface area (Å²) in [6.45, 7) is 4.88. The number of carbonyl (C=O) groups is 1. The normalized spacial score (nSPS) is 22.9. The zero-order valence-electron chi connectivity index (χ0n) is 14.9. The number of benzene rings is 1. The molecule has 7 nitrogen and oxygen atoms in total. The minimum atomic E-state index is 0.0170. The Bertz CT molecular complexity index is 741. The van der Waals surface area contributed by atoms with E-state index in [1.54, 1.807) is 7.11 Å². The number of hydrogen-bond donors (Lipinski definition) is 3. The second kappa shape index (κ2) is 7.76. The van der Waals surface area contributed by atoms with Crippen molar-refractivity contribution in [2.45, 2.75) is 38.8 Å². The van der Waals surface area contributed by atoms with Crippen molar-refractivity contribution in [1.29, 1.82) is 0 Å². The molecule has 134 valence electrons. The number of carbonyl (C=O) groups excluding carboxylic acids is 1. The van der Waals surface area contributed by atoms with E-state index < -0.39 is 0 Å². The fourth-order valence-electron chi connectivity index (χ4n) is 3.16. The second-order valence-corrected chi connectivity index (χ2v) is 6.50. The van der Waals surface area contributed by atoms with Crippen LogP contribution in [0.5, 0.6) is 5.88 Å². The van der Waals surface area contributed by atoms with Crippen LogP contribution in [0.15, 0.2) is 24.3 Å². The summed E-state index contributed by atoms with van der Waals surface area (Å²) in [5.41, 5.74) is 8.70. The standard InChI is InChI=1S/C18H25N5O2/c1-11-13(12(2)23-22-11)10-19-17(24)9-8-16-18(25-3)21-15-7-5-4-6-14(15)20-16/h4-7,11-13,22-23H,8-10H2,1-3H3,(H,19,24). The van der Waals surface area contributed by atoms with Gasteiger partial charge in [0.15, 0.2) is 0 Å². The van der Waals surface area contributed by atoms with E-state index in [0.29, 0.717) is 49.0 Å². The van der Waals surface area contributed by atoms with Crippen molar-refractivity contribution >= 4 is 16.9 Å². The molecular weight excluding hydrogens is 318 g/mol. The van der Waals surface area contributed by atoms with Gasteiger partial charge in [0.25, 0.3) is 0 Å². The van der Waals surface area contributed by atoms with E-state index in [-0.39, 0.29) is 5.91 Å². The van der Waals surface area contributed by atoms with Crippen LogP contribution in [0.2, 0.25) is 0 Å². The molecule has 0 aliphatic carbocycles. The van der Waals surface area contributed by atoms with Crippen molar-refractivity contribution in [2.24, 2.45) is 5.92 Å². The molecule has 0 saturated carbocycles. The van der Waals surface area contributed by atoms with Crippen LogP contribution in [-0.4, -0.2) is 41.6 Å². The third kappa shape index (κ3) is 4.05. The number of rotatable bonds is 6. The predicted molar refractivity (Wildman–Crippen MR) is 96.1 cm³/mol. The summed E-state index contributed by atoms with van der Waals surface area (Å²) in [7, 11) is 1.57. The fourth-order valence-corrected chi connectivity index (χ4v) is 3.16. The van der Waals surface area contributed by atoms with Gasteiger partial charge < -0.3 is 10.1 Å². The van der Waals surface area contributed by atoms with E-state index in [1.807, 2.05) is 24.3 Å². The van der Waals surface area contributed by atoms with Crippen molar-refractivity contribution in [3.8, 4) is 5.88 Å². The van der Waals surface area contributed by atoms with Gasteiger partial charge in [-0.05, 0) is 26.0 Å². The van der Waals surface area contributed by atoms with Crippen LogP contribution in [0.3, 0.4) is 0 Å². The summed E-state index contributed by atoms with van der Waals surface area (Å²) < 4.78 is 5.33. The van der Waals surface area contributed by atoms with Crippen molar-refractivity contribution in [3.05, 3.63) is 30.0 Å². The summed E-state index contributed by atoms with van der Waals surface area (Å²) in [6, 6.07) is 8.31. The number of nitrogens with one attached hydrogen (secondary N) is 3. The zero-order valence-corrected chi connectivity index (χ0v) is 14.9. The molecule has 1 aliphatic heterocycles. The molecular formula is C18H25N5O2. The van der Waals surface area contributed by atoms with Crippen LogP contribution in [0.25, 0.3) is 11.0 Å².